The first-order valence-electron chi connectivity index (χ1n) is 5.98. The van der Waals surface area contributed by atoms with Gasteiger partial charge in [0.05, 0.1) is 12.8 Å². The molecular weight excluding hydrogens is 262 g/mol. The lowest BCUT2D eigenvalue weighted by molar-refractivity contribution is 0.398. The van der Waals surface area contributed by atoms with Gasteiger partial charge in [-0.15, -0.1) is 0 Å². The van der Waals surface area contributed by atoms with E-state index in [0.29, 0.717) is 17.4 Å². The Hall–Kier alpha value is -1.94. The average Bonchev–Trinajstić information content (AvgIpc) is 2.43. The van der Waals surface area contributed by atoms with Crippen molar-refractivity contribution in [3.05, 3.63) is 47.0 Å². The molecule has 0 unspecified atom stereocenters. The zero-order chi connectivity index (χ0) is 13.7. The van der Waals surface area contributed by atoms with Crippen LogP contribution < -0.4 is 15.8 Å². The quantitative estimate of drug-likeness (QED) is 0.882. The first-order valence-corrected chi connectivity index (χ1v) is 6.35. The van der Waals surface area contributed by atoms with Crippen molar-refractivity contribution >= 4 is 23.1 Å². The highest BCUT2D eigenvalue weighted by atomic mass is 35.5. The molecule has 0 saturated carbocycles. The lowest BCUT2D eigenvalue weighted by Gasteiger charge is -2.09. The summed E-state index contributed by atoms with van der Waals surface area (Å²) in [6.45, 7) is 0.742. The summed E-state index contributed by atoms with van der Waals surface area (Å²) in [4.78, 5) is 4.26. The molecule has 0 fully saturated rings. The van der Waals surface area contributed by atoms with Gasteiger partial charge in [0.25, 0.3) is 0 Å². The lowest BCUT2D eigenvalue weighted by Crippen LogP contribution is -2.09. The van der Waals surface area contributed by atoms with E-state index in [-0.39, 0.29) is 0 Å². The van der Waals surface area contributed by atoms with E-state index in [0.717, 1.165) is 18.0 Å². The van der Waals surface area contributed by atoms with Crippen LogP contribution in [0.15, 0.2) is 36.4 Å². The number of benzene rings is 1. The second kappa shape index (κ2) is 6.29. The van der Waals surface area contributed by atoms with E-state index in [1.54, 1.807) is 19.2 Å². The van der Waals surface area contributed by atoms with Gasteiger partial charge in [-0.2, -0.15) is 4.98 Å². The molecule has 1 heterocycles. The molecule has 0 spiro atoms. The van der Waals surface area contributed by atoms with Crippen LogP contribution in [0.4, 0.5) is 11.5 Å². The molecule has 0 saturated heterocycles. The van der Waals surface area contributed by atoms with E-state index in [1.807, 2.05) is 24.3 Å². The normalized spacial score (nSPS) is 10.2. The van der Waals surface area contributed by atoms with Gasteiger partial charge in [0.15, 0.2) is 5.82 Å². The van der Waals surface area contributed by atoms with E-state index in [9.17, 15) is 0 Å². The third-order valence-corrected chi connectivity index (χ3v) is 2.98. The Morgan fingerprint density at radius 2 is 1.95 bits per heavy atom. The number of hydrogen-bond donors (Lipinski definition) is 2. The zero-order valence-corrected chi connectivity index (χ0v) is 11.4. The number of nitrogens with one attached hydrogen (secondary N) is 1. The molecule has 4 nitrogen and oxygen atoms in total. The third kappa shape index (κ3) is 3.76. The molecule has 5 heteroatoms. The molecule has 0 aliphatic heterocycles. The number of nitrogen functional groups attached to an aromatic ring is 1. The molecular formula is C14H16ClN3O. The summed E-state index contributed by atoms with van der Waals surface area (Å²) >= 11 is 5.84. The molecule has 1 aromatic carbocycles. The van der Waals surface area contributed by atoms with E-state index in [1.165, 1.54) is 5.56 Å². The molecule has 3 N–H and O–H groups in total. The van der Waals surface area contributed by atoms with E-state index < -0.39 is 0 Å². The molecule has 0 radical (unpaired) electrons. The molecule has 100 valence electrons. The first-order chi connectivity index (χ1) is 9.19. The topological polar surface area (TPSA) is 60.2 Å². The van der Waals surface area contributed by atoms with E-state index in [4.69, 9.17) is 22.1 Å². The SMILES string of the molecule is COc1ccc(N)c(NCCc2ccc(Cl)cc2)n1. The number of rotatable bonds is 5. The summed E-state index contributed by atoms with van der Waals surface area (Å²) in [5.74, 6) is 1.19. The van der Waals surface area contributed by atoms with Crippen molar-refractivity contribution in [2.75, 3.05) is 24.7 Å². The van der Waals surface area contributed by atoms with Gasteiger partial charge in [0.1, 0.15) is 0 Å². The van der Waals surface area contributed by atoms with Crippen LogP contribution in [0, 0.1) is 0 Å². The minimum absolute atomic E-state index is 0.545. The molecule has 0 atom stereocenters. The van der Waals surface area contributed by atoms with Crippen LogP contribution >= 0.6 is 11.6 Å². The van der Waals surface area contributed by atoms with Crippen molar-refractivity contribution < 1.29 is 4.74 Å². The van der Waals surface area contributed by atoms with Crippen LogP contribution in [-0.2, 0) is 6.42 Å². The number of pyridine rings is 1. The number of anilines is 2. The average molecular weight is 278 g/mol. The van der Waals surface area contributed by atoms with Crippen LogP contribution in [0.25, 0.3) is 0 Å². The monoisotopic (exact) mass is 277 g/mol. The number of nitrogens with two attached hydrogens (primary N) is 1. The standard InChI is InChI=1S/C14H16ClN3O/c1-19-13-7-6-12(16)14(18-13)17-9-8-10-2-4-11(15)5-3-10/h2-7H,8-9,16H2,1H3,(H,17,18). The number of aromatic nitrogens is 1. The number of halogens is 1. The third-order valence-electron chi connectivity index (χ3n) is 2.73. The summed E-state index contributed by atoms with van der Waals surface area (Å²) in [5, 5.41) is 3.95. The Balaban J connectivity index is 1.93. The maximum atomic E-state index is 5.85. The Kier molecular flexibility index (Phi) is 4.47. The van der Waals surface area contributed by atoms with Gasteiger partial charge in [0, 0.05) is 17.6 Å². The van der Waals surface area contributed by atoms with Crippen LogP contribution in [0.1, 0.15) is 5.56 Å². The fraction of sp³-hybridized carbons (Fsp3) is 0.214. The Morgan fingerprint density at radius 1 is 1.21 bits per heavy atom. The maximum Gasteiger partial charge on any atom is 0.215 e. The second-order valence-corrected chi connectivity index (χ2v) is 4.53. The zero-order valence-electron chi connectivity index (χ0n) is 10.7. The van der Waals surface area contributed by atoms with Crippen molar-refractivity contribution in [1.82, 2.24) is 4.98 Å². The smallest absolute Gasteiger partial charge is 0.215 e. The van der Waals surface area contributed by atoms with Crippen LogP contribution in [-0.4, -0.2) is 18.6 Å². The number of ether oxygens (including phenoxy) is 1. The molecule has 2 aromatic rings. The van der Waals surface area contributed by atoms with E-state index >= 15 is 0 Å². The molecule has 0 bridgehead atoms. The van der Waals surface area contributed by atoms with Crippen molar-refractivity contribution in [1.29, 1.82) is 0 Å². The van der Waals surface area contributed by atoms with Crippen molar-refractivity contribution in [2.24, 2.45) is 0 Å². The number of hydrogen-bond acceptors (Lipinski definition) is 4. The molecule has 1 aromatic heterocycles. The first kappa shape index (κ1) is 13.5. The van der Waals surface area contributed by atoms with Gasteiger partial charge in [-0.05, 0) is 30.2 Å². The van der Waals surface area contributed by atoms with Crippen LogP contribution in [0.3, 0.4) is 0 Å². The highest BCUT2D eigenvalue weighted by Crippen LogP contribution is 2.19. The van der Waals surface area contributed by atoms with E-state index in [2.05, 4.69) is 10.3 Å². The van der Waals surface area contributed by atoms with Crippen molar-refractivity contribution in [3.63, 3.8) is 0 Å². The predicted molar refractivity (Wildman–Crippen MR) is 78.8 cm³/mol. The molecule has 0 amide bonds. The maximum absolute atomic E-state index is 5.85. The number of nitrogens with zero attached hydrogens (tertiary/aromatic N) is 1. The van der Waals surface area contributed by atoms with Crippen LogP contribution in [0.5, 0.6) is 5.88 Å². The highest BCUT2D eigenvalue weighted by Gasteiger charge is 2.02. The highest BCUT2D eigenvalue weighted by molar-refractivity contribution is 6.30. The lowest BCUT2D eigenvalue weighted by atomic mass is 10.1. The Bertz CT molecular complexity index is 543. The molecule has 19 heavy (non-hydrogen) atoms. The Labute approximate surface area is 117 Å². The largest absolute Gasteiger partial charge is 0.481 e. The van der Waals surface area contributed by atoms with Gasteiger partial charge in [-0.3, -0.25) is 0 Å². The molecule has 0 aliphatic carbocycles. The summed E-state index contributed by atoms with van der Waals surface area (Å²) in [7, 11) is 1.58. The summed E-state index contributed by atoms with van der Waals surface area (Å²) in [6, 6.07) is 11.3. The minimum Gasteiger partial charge on any atom is -0.481 e. The fourth-order valence-electron chi connectivity index (χ4n) is 1.68. The molecule has 0 aliphatic rings. The summed E-state index contributed by atoms with van der Waals surface area (Å²) in [5.41, 5.74) is 7.66. The second-order valence-electron chi connectivity index (χ2n) is 4.09. The summed E-state index contributed by atoms with van der Waals surface area (Å²) in [6.07, 6.45) is 0.871. The Morgan fingerprint density at radius 3 is 2.63 bits per heavy atom. The van der Waals surface area contributed by atoms with Gasteiger partial charge in [0.2, 0.25) is 5.88 Å². The predicted octanol–water partition coefficient (Wildman–Crippen LogP) is 2.98. The van der Waals surface area contributed by atoms with Gasteiger partial charge < -0.3 is 15.8 Å². The minimum atomic E-state index is 0.545. The fourth-order valence-corrected chi connectivity index (χ4v) is 1.81. The van der Waals surface area contributed by atoms with Crippen molar-refractivity contribution in [3.8, 4) is 5.88 Å². The van der Waals surface area contributed by atoms with Gasteiger partial charge >= 0.3 is 0 Å². The van der Waals surface area contributed by atoms with Gasteiger partial charge in [-0.25, -0.2) is 0 Å². The van der Waals surface area contributed by atoms with Crippen molar-refractivity contribution in [2.45, 2.75) is 6.42 Å². The van der Waals surface area contributed by atoms with Crippen LogP contribution in [0.2, 0.25) is 5.02 Å². The van der Waals surface area contributed by atoms with Gasteiger partial charge in [-0.1, -0.05) is 23.7 Å². The molecule has 2 rings (SSSR count). The number of methoxy groups -OCH3 is 1. The summed E-state index contributed by atoms with van der Waals surface area (Å²) < 4.78 is 5.07.